The van der Waals surface area contributed by atoms with E-state index in [9.17, 15) is 9.59 Å². The van der Waals surface area contributed by atoms with Crippen LogP contribution in [0.25, 0.3) is 11.0 Å². The molecule has 2 aromatic carbocycles. The summed E-state index contributed by atoms with van der Waals surface area (Å²) < 4.78 is 5.42. The van der Waals surface area contributed by atoms with Gasteiger partial charge in [-0.05, 0) is 48.4 Å². The van der Waals surface area contributed by atoms with Gasteiger partial charge in [0.15, 0.2) is 0 Å². The zero-order valence-electron chi connectivity index (χ0n) is 13.1. The van der Waals surface area contributed by atoms with Crippen molar-refractivity contribution in [2.45, 2.75) is 19.8 Å². The molecule has 0 aliphatic carbocycles. The monoisotopic (exact) mass is 341 g/mol. The number of nitrogens with two attached hydrogens (primary N) is 1. The maximum Gasteiger partial charge on any atom is 0.340 e. The SMILES string of the molecule is CC(=O)Cc1c(Cc2cccc(N)c2)c(=O)oc2ccc(Cl)cc12. The molecule has 5 heteroatoms. The number of Topliss-reactive ketones (excluding diaryl/α,β-unsaturated/α-hetero) is 1. The van der Waals surface area contributed by atoms with E-state index >= 15 is 0 Å². The first-order chi connectivity index (χ1) is 11.4. The second-order valence-electron chi connectivity index (χ2n) is 5.79. The number of carbonyl (C=O) groups excluding carboxylic acids is 1. The summed E-state index contributed by atoms with van der Waals surface area (Å²) in [6, 6.07) is 12.3. The summed E-state index contributed by atoms with van der Waals surface area (Å²) in [6.45, 7) is 1.50. The summed E-state index contributed by atoms with van der Waals surface area (Å²) in [4.78, 5) is 24.2. The van der Waals surface area contributed by atoms with Crippen LogP contribution in [-0.2, 0) is 17.6 Å². The maximum absolute atomic E-state index is 12.5. The van der Waals surface area contributed by atoms with Crippen molar-refractivity contribution in [3.8, 4) is 0 Å². The number of ketones is 1. The highest BCUT2D eigenvalue weighted by Crippen LogP contribution is 2.26. The number of fused-ring (bicyclic) bond motifs is 1. The van der Waals surface area contributed by atoms with Crippen molar-refractivity contribution in [2.75, 3.05) is 5.73 Å². The lowest BCUT2D eigenvalue weighted by atomic mass is 9.95. The number of halogens is 1. The first-order valence-corrected chi connectivity index (χ1v) is 7.90. The normalized spacial score (nSPS) is 10.9. The fourth-order valence-electron chi connectivity index (χ4n) is 2.81. The smallest absolute Gasteiger partial charge is 0.340 e. The number of benzene rings is 2. The highest BCUT2D eigenvalue weighted by molar-refractivity contribution is 6.31. The van der Waals surface area contributed by atoms with Crippen LogP contribution in [0.15, 0.2) is 51.7 Å². The standard InChI is InChI=1S/C19H16ClNO3/c1-11(22)7-15-16-10-13(20)5-6-18(16)24-19(23)17(15)9-12-3-2-4-14(21)8-12/h2-6,8,10H,7,9,21H2,1H3. The first kappa shape index (κ1) is 16.3. The molecule has 2 N–H and O–H groups in total. The molecule has 0 spiro atoms. The second-order valence-corrected chi connectivity index (χ2v) is 6.22. The number of hydrogen-bond acceptors (Lipinski definition) is 4. The van der Waals surface area contributed by atoms with Crippen molar-refractivity contribution in [2.24, 2.45) is 0 Å². The Morgan fingerprint density at radius 3 is 2.67 bits per heavy atom. The van der Waals surface area contributed by atoms with E-state index in [1.54, 1.807) is 30.3 Å². The Hall–Kier alpha value is -2.59. The van der Waals surface area contributed by atoms with Crippen molar-refractivity contribution in [1.82, 2.24) is 0 Å². The number of carbonyl (C=O) groups is 1. The maximum atomic E-state index is 12.5. The Balaban J connectivity index is 2.23. The summed E-state index contributed by atoms with van der Waals surface area (Å²) >= 11 is 6.08. The molecule has 122 valence electrons. The second kappa shape index (κ2) is 6.49. The molecule has 3 rings (SSSR count). The van der Waals surface area contributed by atoms with Crippen LogP contribution in [0, 0.1) is 0 Å². The molecule has 0 unspecified atom stereocenters. The number of nitrogen functional groups attached to an aromatic ring is 1. The van der Waals surface area contributed by atoms with Gasteiger partial charge in [-0.25, -0.2) is 4.79 Å². The van der Waals surface area contributed by atoms with E-state index in [-0.39, 0.29) is 12.2 Å². The molecule has 4 nitrogen and oxygen atoms in total. The van der Waals surface area contributed by atoms with Gasteiger partial charge in [0.2, 0.25) is 0 Å². The van der Waals surface area contributed by atoms with E-state index < -0.39 is 5.63 Å². The van der Waals surface area contributed by atoms with Gasteiger partial charge in [-0.3, -0.25) is 4.79 Å². The topological polar surface area (TPSA) is 73.3 Å². The number of anilines is 1. The predicted octanol–water partition coefficient (Wildman–Crippen LogP) is 3.75. The van der Waals surface area contributed by atoms with Gasteiger partial charge < -0.3 is 10.2 Å². The van der Waals surface area contributed by atoms with Crippen molar-refractivity contribution in [3.63, 3.8) is 0 Å². The molecule has 1 heterocycles. The summed E-state index contributed by atoms with van der Waals surface area (Å²) in [6.07, 6.45) is 0.499. The third kappa shape index (κ3) is 3.34. The Morgan fingerprint density at radius 2 is 1.96 bits per heavy atom. The van der Waals surface area contributed by atoms with Crippen LogP contribution in [0.4, 0.5) is 5.69 Å². The third-order valence-electron chi connectivity index (χ3n) is 3.84. The van der Waals surface area contributed by atoms with Gasteiger partial charge in [-0.1, -0.05) is 23.7 Å². The zero-order chi connectivity index (χ0) is 17.3. The molecular weight excluding hydrogens is 326 g/mol. The van der Waals surface area contributed by atoms with Crippen LogP contribution in [0.1, 0.15) is 23.6 Å². The van der Waals surface area contributed by atoms with Gasteiger partial charge >= 0.3 is 5.63 Å². The Bertz CT molecular complexity index is 992. The minimum Gasteiger partial charge on any atom is -0.423 e. The van der Waals surface area contributed by atoms with Crippen LogP contribution < -0.4 is 11.4 Å². The highest BCUT2D eigenvalue weighted by atomic mass is 35.5. The van der Waals surface area contributed by atoms with Crippen molar-refractivity contribution < 1.29 is 9.21 Å². The zero-order valence-corrected chi connectivity index (χ0v) is 13.9. The van der Waals surface area contributed by atoms with Gasteiger partial charge in [0, 0.05) is 34.5 Å². The van der Waals surface area contributed by atoms with Crippen molar-refractivity contribution in [3.05, 3.63) is 74.6 Å². The number of rotatable bonds is 4. The predicted molar refractivity (Wildman–Crippen MR) is 95.5 cm³/mol. The van der Waals surface area contributed by atoms with Gasteiger partial charge in [-0.15, -0.1) is 0 Å². The van der Waals surface area contributed by atoms with E-state index in [1.165, 1.54) is 6.92 Å². The van der Waals surface area contributed by atoms with E-state index in [2.05, 4.69) is 0 Å². The molecule has 1 aromatic heterocycles. The quantitative estimate of drug-likeness (QED) is 0.579. The summed E-state index contributed by atoms with van der Waals surface area (Å²) in [5, 5.41) is 1.22. The lowest BCUT2D eigenvalue weighted by molar-refractivity contribution is -0.116. The minimum absolute atomic E-state index is 0.0318. The van der Waals surface area contributed by atoms with Gasteiger partial charge in [-0.2, -0.15) is 0 Å². The summed E-state index contributed by atoms with van der Waals surface area (Å²) in [5.74, 6) is -0.0318. The Morgan fingerprint density at radius 1 is 1.17 bits per heavy atom. The van der Waals surface area contributed by atoms with E-state index in [0.717, 1.165) is 5.56 Å². The van der Waals surface area contributed by atoms with Crippen LogP contribution in [0.2, 0.25) is 5.02 Å². The van der Waals surface area contributed by atoms with E-state index in [0.29, 0.717) is 39.2 Å². The number of hydrogen-bond donors (Lipinski definition) is 1. The molecule has 0 fully saturated rings. The van der Waals surface area contributed by atoms with E-state index in [1.807, 2.05) is 12.1 Å². The lowest BCUT2D eigenvalue weighted by Gasteiger charge is -2.11. The molecule has 0 amide bonds. The average molecular weight is 342 g/mol. The molecule has 0 aliphatic heterocycles. The highest BCUT2D eigenvalue weighted by Gasteiger charge is 2.17. The lowest BCUT2D eigenvalue weighted by Crippen LogP contribution is -2.15. The Kier molecular flexibility index (Phi) is 4.40. The van der Waals surface area contributed by atoms with Crippen LogP contribution in [0.5, 0.6) is 0 Å². The molecule has 0 atom stereocenters. The van der Waals surface area contributed by atoms with Crippen LogP contribution in [0.3, 0.4) is 0 Å². The first-order valence-electron chi connectivity index (χ1n) is 7.52. The fourth-order valence-corrected chi connectivity index (χ4v) is 2.98. The van der Waals surface area contributed by atoms with Crippen LogP contribution in [-0.4, -0.2) is 5.78 Å². The summed E-state index contributed by atoms with van der Waals surface area (Å²) in [5.41, 5.74) is 8.42. The average Bonchev–Trinajstić information content (AvgIpc) is 2.51. The minimum atomic E-state index is -0.441. The third-order valence-corrected chi connectivity index (χ3v) is 4.07. The molecule has 0 bridgehead atoms. The molecule has 3 aromatic rings. The van der Waals surface area contributed by atoms with Gasteiger partial charge in [0.25, 0.3) is 0 Å². The van der Waals surface area contributed by atoms with Crippen LogP contribution >= 0.6 is 11.6 Å². The molecule has 24 heavy (non-hydrogen) atoms. The van der Waals surface area contributed by atoms with Crippen molar-refractivity contribution >= 4 is 34.0 Å². The largest absolute Gasteiger partial charge is 0.423 e. The molecule has 0 radical (unpaired) electrons. The van der Waals surface area contributed by atoms with Gasteiger partial charge in [0.1, 0.15) is 11.4 Å². The molecule has 0 saturated heterocycles. The van der Waals surface area contributed by atoms with Gasteiger partial charge in [0.05, 0.1) is 0 Å². The molecular formula is C19H16ClNO3. The Labute approximate surface area is 143 Å². The molecule has 0 aliphatic rings. The van der Waals surface area contributed by atoms with E-state index in [4.69, 9.17) is 21.8 Å². The fraction of sp³-hybridized carbons (Fsp3) is 0.158. The van der Waals surface area contributed by atoms with Crippen molar-refractivity contribution in [1.29, 1.82) is 0 Å². The summed E-state index contributed by atoms with van der Waals surface area (Å²) in [7, 11) is 0. The molecule has 0 saturated carbocycles.